The van der Waals surface area contributed by atoms with Gasteiger partial charge in [0.25, 0.3) is 0 Å². The number of pyridine rings is 1. The van der Waals surface area contributed by atoms with Crippen molar-refractivity contribution in [2.45, 2.75) is 18.9 Å². The highest BCUT2D eigenvalue weighted by Crippen LogP contribution is 2.18. The molecule has 1 aromatic heterocycles. The molecule has 2 N–H and O–H groups in total. The summed E-state index contributed by atoms with van der Waals surface area (Å²) >= 11 is 3.15. The fraction of sp³-hybridized carbons (Fsp3) is 0.375. The fourth-order valence-corrected chi connectivity index (χ4v) is 1.17. The van der Waals surface area contributed by atoms with Crippen molar-refractivity contribution in [3.05, 3.63) is 28.5 Å². The quantitative estimate of drug-likeness (QED) is 0.868. The molecule has 0 aliphatic heterocycles. The van der Waals surface area contributed by atoms with Gasteiger partial charge in [-0.1, -0.05) is 6.07 Å². The van der Waals surface area contributed by atoms with Gasteiger partial charge in [0.1, 0.15) is 4.60 Å². The van der Waals surface area contributed by atoms with Crippen molar-refractivity contribution in [3.8, 4) is 0 Å². The van der Waals surface area contributed by atoms with Crippen LogP contribution in [0.1, 0.15) is 18.0 Å². The number of hydrogen-bond acceptors (Lipinski definition) is 2. The summed E-state index contributed by atoms with van der Waals surface area (Å²) < 4.78 is 24.5. The van der Waals surface area contributed by atoms with Gasteiger partial charge in [0.15, 0.2) is 0 Å². The minimum absolute atomic E-state index is 0. The van der Waals surface area contributed by atoms with E-state index in [1.54, 1.807) is 12.1 Å². The van der Waals surface area contributed by atoms with E-state index in [2.05, 4.69) is 20.9 Å². The lowest BCUT2D eigenvalue weighted by atomic mass is 10.1. The van der Waals surface area contributed by atoms with Crippen LogP contribution in [0.2, 0.25) is 0 Å². The Bertz CT molecular complexity index is 269. The van der Waals surface area contributed by atoms with Crippen molar-refractivity contribution in [1.29, 1.82) is 0 Å². The first-order chi connectivity index (χ1) is 6.09. The average Bonchev–Trinajstić information content (AvgIpc) is 2.04. The van der Waals surface area contributed by atoms with Crippen molar-refractivity contribution in [1.82, 2.24) is 4.98 Å². The first-order valence-electron chi connectivity index (χ1n) is 3.75. The molecule has 0 aromatic carbocycles. The van der Waals surface area contributed by atoms with Gasteiger partial charge in [0, 0.05) is 18.7 Å². The van der Waals surface area contributed by atoms with Crippen LogP contribution >= 0.6 is 28.3 Å². The zero-order valence-corrected chi connectivity index (χ0v) is 9.56. The minimum atomic E-state index is -2.38. The third-order valence-corrected chi connectivity index (χ3v) is 2.08. The van der Waals surface area contributed by atoms with Gasteiger partial charge in [-0.3, -0.25) is 0 Å². The zero-order chi connectivity index (χ0) is 9.84. The van der Waals surface area contributed by atoms with Gasteiger partial charge in [-0.2, -0.15) is 0 Å². The maximum absolute atomic E-state index is 11.9. The molecule has 2 nitrogen and oxygen atoms in total. The van der Waals surface area contributed by atoms with E-state index in [4.69, 9.17) is 5.73 Å². The number of hydrogen-bond donors (Lipinski definition) is 1. The molecule has 0 bridgehead atoms. The Morgan fingerprint density at radius 1 is 1.43 bits per heavy atom. The minimum Gasteiger partial charge on any atom is -0.324 e. The second-order valence-corrected chi connectivity index (χ2v) is 3.46. The van der Waals surface area contributed by atoms with Crippen LogP contribution in [0.15, 0.2) is 22.9 Å². The largest absolute Gasteiger partial charge is 0.324 e. The Hall–Kier alpha value is -0.260. The molecule has 0 aliphatic rings. The van der Waals surface area contributed by atoms with Crippen LogP contribution in [0.25, 0.3) is 0 Å². The summed E-state index contributed by atoms with van der Waals surface area (Å²) in [5.41, 5.74) is 6.14. The molecule has 1 rings (SSSR count). The summed E-state index contributed by atoms with van der Waals surface area (Å²) in [6.07, 6.45) is -1.21. The van der Waals surface area contributed by atoms with E-state index in [1.165, 1.54) is 6.20 Å². The molecular formula is C8H10BrClF2N2. The SMILES string of the molecule is Cl.N[C@H](CC(F)F)c1ccc(Br)nc1. The number of rotatable bonds is 3. The summed E-state index contributed by atoms with van der Waals surface area (Å²) in [5, 5.41) is 0. The van der Waals surface area contributed by atoms with Crippen molar-refractivity contribution in [2.75, 3.05) is 0 Å². The van der Waals surface area contributed by atoms with Gasteiger partial charge >= 0.3 is 0 Å². The smallest absolute Gasteiger partial charge is 0.240 e. The molecule has 0 aliphatic carbocycles. The van der Waals surface area contributed by atoms with Crippen molar-refractivity contribution in [3.63, 3.8) is 0 Å². The second-order valence-electron chi connectivity index (χ2n) is 2.65. The van der Waals surface area contributed by atoms with Crippen LogP contribution in [-0.4, -0.2) is 11.4 Å². The molecule has 0 unspecified atom stereocenters. The van der Waals surface area contributed by atoms with Gasteiger partial charge in [-0.05, 0) is 27.6 Å². The molecule has 0 amide bonds. The molecule has 0 saturated carbocycles. The van der Waals surface area contributed by atoms with Crippen LogP contribution in [-0.2, 0) is 0 Å². The average molecular weight is 288 g/mol. The number of nitrogens with two attached hydrogens (primary N) is 1. The molecular weight excluding hydrogens is 277 g/mol. The van der Waals surface area contributed by atoms with E-state index >= 15 is 0 Å². The van der Waals surface area contributed by atoms with Gasteiger partial charge in [-0.25, -0.2) is 13.8 Å². The molecule has 80 valence electrons. The summed E-state index contributed by atoms with van der Waals surface area (Å²) in [6.45, 7) is 0. The number of nitrogens with zero attached hydrogens (tertiary/aromatic N) is 1. The first kappa shape index (κ1) is 13.7. The number of aromatic nitrogens is 1. The van der Waals surface area contributed by atoms with Crippen LogP contribution in [0.3, 0.4) is 0 Å². The highest BCUT2D eigenvalue weighted by Gasteiger charge is 2.12. The van der Waals surface area contributed by atoms with Crippen LogP contribution < -0.4 is 5.73 Å². The molecule has 0 radical (unpaired) electrons. The third-order valence-electron chi connectivity index (χ3n) is 1.61. The molecule has 14 heavy (non-hydrogen) atoms. The Morgan fingerprint density at radius 3 is 2.50 bits per heavy atom. The summed E-state index contributed by atoms with van der Waals surface area (Å²) in [7, 11) is 0. The van der Waals surface area contributed by atoms with Crippen LogP contribution in [0.4, 0.5) is 8.78 Å². The molecule has 1 aromatic rings. The predicted molar refractivity (Wildman–Crippen MR) is 56.7 cm³/mol. The maximum atomic E-state index is 11.9. The third kappa shape index (κ3) is 4.30. The topological polar surface area (TPSA) is 38.9 Å². The molecule has 1 heterocycles. The standard InChI is InChI=1S/C8H9BrF2N2.ClH/c9-7-2-1-5(4-13-7)6(12)3-8(10)11;/h1-2,4,6,8H,3,12H2;1H/t6-;/m1./s1. The fourth-order valence-electron chi connectivity index (χ4n) is 0.935. The highest BCUT2D eigenvalue weighted by molar-refractivity contribution is 9.10. The normalized spacial score (nSPS) is 12.4. The molecule has 0 spiro atoms. The van der Waals surface area contributed by atoms with Crippen molar-refractivity contribution in [2.24, 2.45) is 5.73 Å². The van der Waals surface area contributed by atoms with E-state index in [0.29, 0.717) is 10.2 Å². The van der Waals surface area contributed by atoms with E-state index in [-0.39, 0.29) is 18.8 Å². The van der Waals surface area contributed by atoms with E-state index in [1.807, 2.05) is 0 Å². The lowest BCUT2D eigenvalue weighted by molar-refractivity contribution is 0.128. The van der Waals surface area contributed by atoms with Gasteiger partial charge in [0.2, 0.25) is 6.43 Å². The first-order valence-corrected chi connectivity index (χ1v) is 4.54. The van der Waals surface area contributed by atoms with Crippen molar-refractivity contribution >= 4 is 28.3 Å². The predicted octanol–water partition coefficient (Wildman–Crippen LogP) is 2.92. The zero-order valence-electron chi connectivity index (χ0n) is 7.16. The number of alkyl halides is 2. The Balaban J connectivity index is 0.00000169. The van der Waals surface area contributed by atoms with Gasteiger partial charge in [-0.15, -0.1) is 12.4 Å². The second kappa shape index (κ2) is 6.27. The maximum Gasteiger partial charge on any atom is 0.240 e. The highest BCUT2D eigenvalue weighted by atomic mass is 79.9. The van der Waals surface area contributed by atoms with Crippen molar-refractivity contribution < 1.29 is 8.78 Å². The van der Waals surface area contributed by atoms with Gasteiger partial charge < -0.3 is 5.73 Å². The summed E-state index contributed by atoms with van der Waals surface area (Å²) in [4.78, 5) is 3.90. The monoisotopic (exact) mass is 286 g/mol. The lowest BCUT2D eigenvalue weighted by Gasteiger charge is -2.10. The van der Waals surface area contributed by atoms with E-state index in [0.717, 1.165) is 0 Å². The Labute approximate surface area is 95.4 Å². The Morgan fingerprint density at radius 2 is 2.07 bits per heavy atom. The van der Waals surface area contributed by atoms with E-state index in [9.17, 15) is 8.78 Å². The summed E-state index contributed by atoms with van der Waals surface area (Å²) in [6, 6.07) is 2.73. The molecule has 6 heteroatoms. The molecule has 0 fully saturated rings. The molecule has 1 atom stereocenters. The van der Waals surface area contributed by atoms with Gasteiger partial charge in [0.05, 0.1) is 0 Å². The lowest BCUT2D eigenvalue weighted by Crippen LogP contribution is -2.14. The Kier molecular flexibility index (Phi) is 6.15. The van der Waals surface area contributed by atoms with Crippen LogP contribution in [0, 0.1) is 0 Å². The summed E-state index contributed by atoms with van der Waals surface area (Å²) in [5.74, 6) is 0. The van der Waals surface area contributed by atoms with E-state index < -0.39 is 12.5 Å². The molecule has 0 saturated heterocycles. The number of halogens is 4. The van der Waals surface area contributed by atoms with Crippen LogP contribution in [0.5, 0.6) is 0 Å².